The minimum absolute atomic E-state index is 0.654. The molecule has 7 aromatic carbocycles. The van der Waals surface area contributed by atoms with Gasteiger partial charge in [0.25, 0.3) is 0 Å². The Kier molecular flexibility index (Phi) is 5.87. The van der Waals surface area contributed by atoms with Crippen LogP contribution >= 0.6 is 34.0 Å². The van der Waals surface area contributed by atoms with Gasteiger partial charge in [0.15, 0.2) is 5.58 Å². The highest BCUT2D eigenvalue weighted by Gasteiger charge is 2.21. The van der Waals surface area contributed by atoms with E-state index in [1.165, 1.54) is 66.2 Å². The normalized spacial score (nSPS) is 12.1. The molecule has 0 bridgehead atoms. The SMILES string of the molecule is c1ccc(-c2nc3cc4sc5cc(N(c6ccc7c(c6)sc6ccccc67)c6cccc7c6sc6ccccc67)ccc5c4cc3o2)cc1. The highest BCUT2D eigenvalue weighted by Crippen LogP contribution is 2.48. The van der Waals surface area contributed by atoms with Crippen LogP contribution in [0.2, 0.25) is 0 Å². The van der Waals surface area contributed by atoms with Gasteiger partial charge in [-0.05, 0) is 66.7 Å². The van der Waals surface area contributed by atoms with Gasteiger partial charge in [-0.2, -0.15) is 0 Å². The number of hydrogen-bond acceptors (Lipinski definition) is 6. The number of aromatic nitrogens is 1. The lowest BCUT2D eigenvalue weighted by Crippen LogP contribution is -2.09. The van der Waals surface area contributed by atoms with Gasteiger partial charge in [-0.25, -0.2) is 4.98 Å². The Labute approximate surface area is 292 Å². The Morgan fingerprint density at radius 2 is 1.04 bits per heavy atom. The Balaban J connectivity index is 1.12. The maximum absolute atomic E-state index is 6.27. The third-order valence-electron chi connectivity index (χ3n) is 9.49. The van der Waals surface area contributed by atoms with Crippen molar-refractivity contribution in [1.82, 2.24) is 4.98 Å². The third-order valence-corrected chi connectivity index (χ3v) is 12.9. The number of benzene rings is 7. The van der Waals surface area contributed by atoms with E-state index in [9.17, 15) is 0 Å². The number of oxazole rings is 1. The fourth-order valence-electron chi connectivity index (χ4n) is 7.22. The summed E-state index contributed by atoms with van der Waals surface area (Å²) in [6.45, 7) is 0. The van der Waals surface area contributed by atoms with Crippen molar-refractivity contribution in [2.24, 2.45) is 0 Å². The topological polar surface area (TPSA) is 29.3 Å². The van der Waals surface area contributed by atoms with E-state index in [1.807, 2.05) is 64.3 Å². The van der Waals surface area contributed by atoms with Crippen LogP contribution in [-0.4, -0.2) is 4.98 Å². The first-order valence-corrected chi connectivity index (χ1v) is 18.6. The summed E-state index contributed by atoms with van der Waals surface area (Å²) in [5, 5.41) is 7.63. The molecule has 0 atom stereocenters. The van der Waals surface area contributed by atoms with Gasteiger partial charge in [-0.1, -0.05) is 78.9 Å². The van der Waals surface area contributed by atoms with Gasteiger partial charge in [0.05, 0.1) is 10.4 Å². The van der Waals surface area contributed by atoms with Gasteiger partial charge >= 0.3 is 0 Å². The summed E-state index contributed by atoms with van der Waals surface area (Å²) in [6, 6.07) is 52.5. The number of rotatable bonds is 4. The number of nitrogens with zero attached hydrogens (tertiary/aromatic N) is 2. The highest BCUT2D eigenvalue weighted by atomic mass is 32.1. The number of hydrogen-bond donors (Lipinski definition) is 0. The zero-order valence-corrected chi connectivity index (χ0v) is 28.3. The Hall–Kier alpha value is -5.53. The zero-order chi connectivity index (χ0) is 32.1. The van der Waals surface area contributed by atoms with Crippen LogP contribution in [0, 0.1) is 0 Å². The summed E-state index contributed by atoms with van der Waals surface area (Å²) in [6.07, 6.45) is 0. The Morgan fingerprint density at radius 3 is 1.82 bits per heavy atom. The van der Waals surface area contributed by atoms with Crippen molar-refractivity contribution in [3.63, 3.8) is 0 Å². The second kappa shape index (κ2) is 10.5. The van der Waals surface area contributed by atoms with Crippen LogP contribution in [0.5, 0.6) is 0 Å². The first-order chi connectivity index (χ1) is 24.2. The van der Waals surface area contributed by atoms with Crippen molar-refractivity contribution < 1.29 is 4.42 Å². The average molecular weight is 681 g/mol. The average Bonchev–Trinajstić information content (AvgIpc) is 3.92. The molecule has 0 N–H and O–H groups in total. The summed E-state index contributed by atoms with van der Waals surface area (Å²) in [4.78, 5) is 7.30. The standard InChI is InChI=1S/C43H24N2OS3/c1-2-9-25(10-3-1)43-44-34-24-41-33(23-36(34)46-43)31-20-18-27(22-40(31)48-41)45(26-17-19-30-28-11-4-6-15-37(28)47-39(30)21-26)35-14-8-13-32-29-12-5-7-16-38(29)49-42(32)35/h1-24H. The van der Waals surface area contributed by atoms with Gasteiger partial charge in [0.2, 0.25) is 5.89 Å². The Morgan fingerprint density at radius 1 is 0.449 bits per heavy atom. The summed E-state index contributed by atoms with van der Waals surface area (Å²) < 4.78 is 13.9. The van der Waals surface area contributed by atoms with Crippen molar-refractivity contribution >= 4 is 123 Å². The molecule has 49 heavy (non-hydrogen) atoms. The lowest BCUT2D eigenvalue weighted by molar-refractivity contribution is 0.620. The van der Waals surface area contributed by atoms with Gasteiger partial charge in [-0.15, -0.1) is 34.0 Å². The van der Waals surface area contributed by atoms with Crippen LogP contribution in [-0.2, 0) is 0 Å². The third kappa shape index (κ3) is 4.21. The van der Waals surface area contributed by atoms with Crippen LogP contribution in [0.1, 0.15) is 0 Å². The summed E-state index contributed by atoms with van der Waals surface area (Å²) in [5.74, 6) is 0.654. The van der Waals surface area contributed by atoms with E-state index in [1.54, 1.807) is 0 Å². The molecule has 0 aliphatic heterocycles. The molecule has 11 rings (SSSR count). The van der Waals surface area contributed by atoms with E-state index in [4.69, 9.17) is 9.40 Å². The van der Waals surface area contributed by atoms with Gasteiger partial charge in [0, 0.05) is 72.8 Å². The molecule has 0 unspecified atom stereocenters. The zero-order valence-electron chi connectivity index (χ0n) is 25.9. The van der Waals surface area contributed by atoms with E-state index in [2.05, 4.69) is 120 Å². The van der Waals surface area contributed by atoms with E-state index in [-0.39, 0.29) is 0 Å². The van der Waals surface area contributed by atoms with Crippen LogP contribution in [0.3, 0.4) is 0 Å². The lowest BCUT2D eigenvalue weighted by Gasteiger charge is -2.26. The monoisotopic (exact) mass is 680 g/mol. The molecule has 0 radical (unpaired) electrons. The smallest absolute Gasteiger partial charge is 0.227 e. The van der Waals surface area contributed by atoms with Crippen LogP contribution in [0.4, 0.5) is 17.1 Å². The van der Waals surface area contributed by atoms with Gasteiger partial charge in [0.1, 0.15) is 5.52 Å². The molecule has 0 saturated heterocycles. The molecular weight excluding hydrogens is 657 g/mol. The molecule has 4 aromatic heterocycles. The van der Waals surface area contributed by atoms with Crippen molar-refractivity contribution in [3.05, 3.63) is 146 Å². The maximum Gasteiger partial charge on any atom is 0.227 e. The minimum Gasteiger partial charge on any atom is -0.436 e. The molecular formula is C43H24N2OS3. The summed E-state index contributed by atoms with van der Waals surface area (Å²) in [5.41, 5.74) is 6.16. The number of thiophene rings is 3. The van der Waals surface area contributed by atoms with Gasteiger partial charge < -0.3 is 9.32 Å². The lowest BCUT2D eigenvalue weighted by atomic mass is 10.1. The van der Waals surface area contributed by atoms with E-state index in [0.29, 0.717) is 5.89 Å². The highest BCUT2D eigenvalue weighted by molar-refractivity contribution is 7.27. The van der Waals surface area contributed by atoms with Crippen LogP contribution in [0.25, 0.3) is 83.1 Å². The van der Waals surface area contributed by atoms with Crippen molar-refractivity contribution in [2.75, 3.05) is 4.90 Å². The predicted octanol–water partition coefficient (Wildman–Crippen LogP) is 14.1. The second-order valence-corrected chi connectivity index (χ2v) is 15.6. The summed E-state index contributed by atoms with van der Waals surface area (Å²) in [7, 11) is 0. The molecule has 0 aliphatic rings. The predicted molar refractivity (Wildman–Crippen MR) is 213 cm³/mol. The molecule has 230 valence electrons. The fourth-order valence-corrected chi connectivity index (χ4v) is 10.7. The summed E-state index contributed by atoms with van der Waals surface area (Å²) >= 11 is 5.54. The van der Waals surface area contributed by atoms with Crippen molar-refractivity contribution in [1.29, 1.82) is 0 Å². The molecule has 6 heteroatoms. The van der Waals surface area contributed by atoms with Crippen molar-refractivity contribution in [3.8, 4) is 11.5 Å². The molecule has 0 spiro atoms. The molecule has 0 saturated carbocycles. The van der Waals surface area contributed by atoms with E-state index in [0.717, 1.165) is 28.0 Å². The number of fused-ring (bicyclic) bond motifs is 10. The first-order valence-electron chi connectivity index (χ1n) is 16.2. The van der Waals surface area contributed by atoms with Crippen molar-refractivity contribution in [2.45, 2.75) is 0 Å². The second-order valence-electron chi connectivity index (χ2n) is 12.3. The largest absolute Gasteiger partial charge is 0.436 e. The maximum atomic E-state index is 6.27. The van der Waals surface area contributed by atoms with Crippen LogP contribution < -0.4 is 4.90 Å². The number of anilines is 3. The molecule has 0 fully saturated rings. The van der Waals surface area contributed by atoms with E-state index < -0.39 is 0 Å². The van der Waals surface area contributed by atoms with Gasteiger partial charge in [-0.3, -0.25) is 0 Å². The molecule has 4 heterocycles. The molecule has 3 nitrogen and oxygen atoms in total. The van der Waals surface area contributed by atoms with Crippen LogP contribution in [0.15, 0.2) is 150 Å². The fraction of sp³-hybridized carbons (Fsp3) is 0. The first kappa shape index (κ1) is 27.4. The van der Waals surface area contributed by atoms with E-state index >= 15 is 0 Å². The minimum atomic E-state index is 0.654. The quantitative estimate of drug-likeness (QED) is 0.185. The molecule has 0 aliphatic carbocycles. The Bertz CT molecular complexity index is 3070. The molecule has 11 aromatic rings. The molecule has 0 amide bonds.